The minimum Gasteiger partial charge on any atom is -0.345 e. The van der Waals surface area contributed by atoms with E-state index in [0.29, 0.717) is 12.3 Å². The van der Waals surface area contributed by atoms with Gasteiger partial charge >= 0.3 is 0 Å². The van der Waals surface area contributed by atoms with Gasteiger partial charge in [-0.3, -0.25) is 4.79 Å². The van der Waals surface area contributed by atoms with Crippen LogP contribution in [0.1, 0.15) is 27.3 Å². The number of thioether (sulfide) groups is 1. The summed E-state index contributed by atoms with van der Waals surface area (Å²) in [6.07, 6.45) is 1.84. The van der Waals surface area contributed by atoms with Gasteiger partial charge in [0.1, 0.15) is 0 Å². The van der Waals surface area contributed by atoms with Crippen molar-refractivity contribution in [2.24, 2.45) is 7.05 Å². The topological polar surface area (TPSA) is 52.7 Å². The summed E-state index contributed by atoms with van der Waals surface area (Å²) >= 11 is 1.42. The molecule has 0 saturated heterocycles. The van der Waals surface area contributed by atoms with Gasteiger partial charge < -0.3 is 9.13 Å². The Hall–Kier alpha value is -2.60. The third-order valence-electron chi connectivity index (χ3n) is 4.63. The van der Waals surface area contributed by atoms with Crippen LogP contribution in [0.15, 0.2) is 48.1 Å². The number of aryl methyl sites for hydroxylation is 2. The highest BCUT2D eigenvalue weighted by atomic mass is 32.2. The summed E-state index contributed by atoms with van der Waals surface area (Å²) in [5, 5.41) is 9.31. The van der Waals surface area contributed by atoms with Gasteiger partial charge in [0, 0.05) is 36.1 Å². The normalized spacial score (nSPS) is 11.0. The Bertz CT molecular complexity index is 1000. The zero-order valence-corrected chi connectivity index (χ0v) is 17.0. The lowest BCUT2D eigenvalue weighted by molar-refractivity contribution is 0.102. The van der Waals surface area contributed by atoms with Crippen molar-refractivity contribution in [3.8, 4) is 11.4 Å². The Labute approximate surface area is 164 Å². The minimum absolute atomic E-state index is 0.100. The third-order valence-corrected chi connectivity index (χ3v) is 5.65. The smallest absolute Gasteiger partial charge is 0.191 e. The molecule has 0 aliphatic heterocycles. The molecular formula is C21H24N4OS. The van der Waals surface area contributed by atoms with Crippen molar-refractivity contribution in [3.05, 3.63) is 65.5 Å². The second-order valence-corrected chi connectivity index (χ2v) is 7.57. The molecule has 5 nitrogen and oxygen atoms in total. The van der Waals surface area contributed by atoms with Crippen LogP contribution in [0.3, 0.4) is 0 Å². The van der Waals surface area contributed by atoms with Gasteiger partial charge in [0.05, 0.1) is 5.75 Å². The van der Waals surface area contributed by atoms with Gasteiger partial charge in [-0.05, 0) is 32.9 Å². The van der Waals surface area contributed by atoms with Crippen molar-refractivity contribution in [1.29, 1.82) is 0 Å². The molecule has 0 unspecified atom stereocenters. The number of ketones is 1. The van der Waals surface area contributed by atoms with E-state index < -0.39 is 0 Å². The quantitative estimate of drug-likeness (QED) is 0.347. The van der Waals surface area contributed by atoms with Gasteiger partial charge in [-0.15, -0.1) is 16.8 Å². The Morgan fingerprint density at radius 1 is 1.22 bits per heavy atom. The number of aromatic nitrogens is 4. The molecular weight excluding hydrogens is 356 g/mol. The molecule has 0 radical (unpaired) electrons. The predicted molar refractivity (Wildman–Crippen MR) is 110 cm³/mol. The Morgan fingerprint density at radius 2 is 2.00 bits per heavy atom. The number of carbonyl (C=O) groups is 1. The number of hydrogen-bond acceptors (Lipinski definition) is 4. The molecule has 0 aliphatic carbocycles. The molecule has 0 amide bonds. The molecule has 3 rings (SSSR count). The minimum atomic E-state index is 0.100. The highest BCUT2D eigenvalue weighted by Crippen LogP contribution is 2.25. The van der Waals surface area contributed by atoms with E-state index in [2.05, 4.69) is 40.4 Å². The average molecular weight is 381 g/mol. The Morgan fingerprint density at radius 3 is 2.70 bits per heavy atom. The lowest BCUT2D eigenvalue weighted by Crippen LogP contribution is -2.07. The number of rotatable bonds is 7. The molecule has 0 fully saturated rings. The number of allylic oxidation sites excluding steroid dienone is 1. The number of carbonyl (C=O) groups excluding carboxylic acids is 1. The van der Waals surface area contributed by atoms with E-state index in [0.717, 1.165) is 33.5 Å². The molecule has 0 aliphatic rings. The van der Waals surface area contributed by atoms with Gasteiger partial charge in [0.2, 0.25) is 0 Å². The standard InChI is InChI=1S/C21H24N4OS/c1-6-10-25-15(3)12-18(16(25)4)19(26)13-27-21-23-22-20(24(21)5)17-9-7-8-14(2)11-17/h6-9,11-12H,1,10,13H2,2-5H3. The van der Waals surface area contributed by atoms with Crippen molar-refractivity contribution in [2.75, 3.05) is 5.75 Å². The van der Waals surface area contributed by atoms with E-state index in [1.165, 1.54) is 17.3 Å². The second kappa shape index (κ2) is 7.96. The highest BCUT2D eigenvalue weighted by molar-refractivity contribution is 7.99. The lowest BCUT2D eigenvalue weighted by atomic mass is 10.1. The van der Waals surface area contributed by atoms with E-state index in [1.54, 1.807) is 0 Å². The van der Waals surface area contributed by atoms with E-state index in [9.17, 15) is 4.79 Å². The fourth-order valence-electron chi connectivity index (χ4n) is 3.18. The second-order valence-electron chi connectivity index (χ2n) is 6.63. The van der Waals surface area contributed by atoms with Gasteiger partial charge in [-0.2, -0.15) is 0 Å². The maximum absolute atomic E-state index is 12.7. The molecule has 140 valence electrons. The van der Waals surface area contributed by atoms with Crippen LogP contribution in [0.5, 0.6) is 0 Å². The van der Waals surface area contributed by atoms with Gasteiger partial charge in [0.15, 0.2) is 16.8 Å². The highest BCUT2D eigenvalue weighted by Gasteiger charge is 2.18. The third kappa shape index (κ3) is 3.90. The van der Waals surface area contributed by atoms with Crippen LogP contribution in [0.2, 0.25) is 0 Å². The maximum atomic E-state index is 12.7. The summed E-state index contributed by atoms with van der Waals surface area (Å²) < 4.78 is 4.04. The van der Waals surface area contributed by atoms with E-state index in [1.807, 2.05) is 49.7 Å². The van der Waals surface area contributed by atoms with Crippen LogP contribution in [0, 0.1) is 20.8 Å². The molecule has 2 heterocycles. The lowest BCUT2D eigenvalue weighted by Gasteiger charge is -2.06. The van der Waals surface area contributed by atoms with Crippen LogP contribution in [-0.4, -0.2) is 30.9 Å². The zero-order valence-electron chi connectivity index (χ0n) is 16.2. The Balaban J connectivity index is 1.75. The number of nitrogens with zero attached hydrogens (tertiary/aromatic N) is 4. The van der Waals surface area contributed by atoms with Crippen molar-refractivity contribution in [3.63, 3.8) is 0 Å². The first-order chi connectivity index (χ1) is 12.9. The van der Waals surface area contributed by atoms with Gasteiger partial charge in [-0.1, -0.05) is 41.6 Å². The fraction of sp³-hybridized carbons (Fsp3) is 0.286. The summed E-state index contributed by atoms with van der Waals surface area (Å²) in [6, 6.07) is 10.1. The van der Waals surface area contributed by atoms with Crippen molar-refractivity contribution < 1.29 is 4.79 Å². The molecule has 0 bridgehead atoms. The van der Waals surface area contributed by atoms with E-state index in [4.69, 9.17) is 0 Å². The SMILES string of the molecule is C=CCn1c(C)cc(C(=O)CSc2nnc(-c3cccc(C)c3)n2C)c1C. The average Bonchev–Trinajstić information content (AvgIpc) is 3.14. The largest absolute Gasteiger partial charge is 0.345 e. The van der Waals surface area contributed by atoms with Crippen LogP contribution in [0.25, 0.3) is 11.4 Å². The fourth-order valence-corrected chi connectivity index (χ4v) is 3.97. The molecule has 27 heavy (non-hydrogen) atoms. The number of benzene rings is 1. The van der Waals surface area contributed by atoms with Crippen molar-refractivity contribution >= 4 is 17.5 Å². The van der Waals surface area contributed by atoms with E-state index in [-0.39, 0.29) is 5.78 Å². The molecule has 1 aromatic carbocycles. The molecule has 3 aromatic rings. The summed E-state index contributed by atoms with van der Waals surface area (Å²) in [5.74, 6) is 1.24. The molecule has 0 saturated carbocycles. The number of hydrogen-bond donors (Lipinski definition) is 0. The first-order valence-electron chi connectivity index (χ1n) is 8.82. The van der Waals surface area contributed by atoms with Crippen LogP contribution in [0.4, 0.5) is 0 Å². The first-order valence-corrected chi connectivity index (χ1v) is 9.81. The summed E-state index contributed by atoms with van der Waals surface area (Å²) in [5.41, 5.74) is 5.02. The molecule has 2 aromatic heterocycles. The Kier molecular flexibility index (Phi) is 5.65. The summed E-state index contributed by atoms with van der Waals surface area (Å²) in [7, 11) is 1.93. The van der Waals surface area contributed by atoms with E-state index >= 15 is 0 Å². The predicted octanol–water partition coefficient (Wildman–Crippen LogP) is 4.37. The maximum Gasteiger partial charge on any atom is 0.191 e. The van der Waals surface area contributed by atoms with Crippen LogP contribution < -0.4 is 0 Å². The van der Waals surface area contributed by atoms with Gasteiger partial charge in [0.25, 0.3) is 0 Å². The number of Topliss-reactive ketones (excluding diaryl/α,β-unsaturated/α-hetero) is 1. The van der Waals surface area contributed by atoms with Gasteiger partial charge in [-0.25, -0.2) is 0 Å². The molecule has 0 spiro atoms. The van der Waals surface area contributed by atoms with Crippen LogP contribution in [-0.2, 0) is 13.6 Å². The zero-order chi connectivity index (χ0) is 19.6. The summed E-state index contributed by atoms with van der Waals surface area (Å²) in [4.78, 5) is 12.7. The molecule has 6 heteroatoms. The molecule has 0 atom stereocenters. The van der Waals surface area contributed by atoms with Crippen molar-refractivity contribution in [1.82, 2.24) is 19.3 Å². The monoisotopic (exact) mass is 380 g/mol. The van der Waals surface area contributed by atoms with Crippen molar-refractivity contribution in [2.45, 2.75) is 32.5 Å². The molecule has 0 N–H and O–H groups in total. The van der Waals surface area contributed by atoms with Crippen LogP contribution >= 0.6 is 11.8 Å². The summed E-state index contributed by atoms with van der Waals surface area (Å²) in [6.45, 7) is 10.5. The first kappa shape index (κ1) is 19.2.